The van der Waals surface area contributed by atoms with Crippen LogP contribution in [0, 0.1) is 5.92 Å². The van der Waals surface area contributed by atoms with E-state index in [1.807, 2.05) is 18.4 Å². The zero-order valence-electron chi connectivity index (χ0n) is 16.0. The number of rotatable bonds is 10. The van der Waals surface area contributed by atoms with Gasteiger partial charge in [-0.1, -0.05) is 25.8 Å². The molecule has 2 amide bonds. The van der Waals surface area contributed by atoms with E-state index in [0.29, 0.717) is 38.9 Å². The number of carbonyl (C=O) groups is 2. The molecule has 1 aromatic rings. The molecular formula is C19H30N2O4S2. The summed E-state index contributed by atoms with van der Waals surface area (Å²) in [5.41, 5.74) is 0. The molecule has 1 N–H and O–H groups in total. The summed E-state index contributed by atoms with van der Waals surface area (Å²) in [6.45, 7) is 3.54. The number of piperidine rings is 1. The molecule has 0 radical (unpaired) electrons. The molecule has 27 heavy (non-hydrogen) atoms. The van der Waals surface area contributed by atoms with Crippen molar-refractivity contribution in [2.24, 2.45) is 5.92 Å². The minimum absolute atomic E-state index is 0.0332. The van der Waals surface area contributed by atoms with Crippen molar-refractivity contribution < 1.29 is 18.0 Å². The second-order valence-electron chi connectivity index (χ2n) is 7.07. The number of hydrogen-bond donors (Lipinski definition) is 1. The van der Waals surface area contributed by atoms with E-state index in [2.05, 4.69) is 11.4 Å². The highest BCUT2D eigenvalue weighted by molar-refractivity contribution is 7.92. The van der Waals surface area contributed by atoms with Gasteiger partial charge in [-0.2, -0.15) is 0 Å². The van der Waals surface area contributed by atoms with Gasteiger partial charge >= 0.3 is 0 Å². The molecule has 1 aliphatic heterocycles. The molecule has 1 saturated heterocycles. The fraction of sp³-hybridized carbons (Fsp3) is 0.684. The Morgan fingerprint density at radius 2 is 2.00 bits per heavy atom. The molecule has 1 aromatic heterocycles. The first-order valence-corrected chi connectivity index (χ1v) is 12.4. The summed E-state index contributed by atoms with van der Waals surface area (Å²) in [5.74, 6) is -0.725. The molecule has 6 nitrogen and oxygen atoms in total. The SMILES string of the molecule is CCCCCS(=O)(=O)CC(=O)N1CCC(C(=O)NCCc2cccs2)CC1. The van der Waals surface area contributed by atoms with E-state index in [9.17, 15) is 18.0 Å². The summed E-state index contributed by atoms with van der Waals surface area (Å²) in [6.07, 6.45) is 4.43. The monoisotopic (exact) mass is 414 g/mol. The molecule has 0 saturated carbocycles. The van der Waals surface area contributed by atoms with Gasteiger partial charge in [-0.25, -0.2) is 8.42 Å². The van der Waals surface area contributed by atoms with E-state index < -0.39 is 15.6 Å². The molecule has 2 rings (SSSR count). The number of carbonyl (C=O) groups excluding carboxylic acids is 2. The average molecular weight is 415 g/mol. The predicted octanol–water partition coefficient (Wildman–Crippen LogP) is 2.25. The molecule has 1 fully saturated rings. The van der Waals surface area contributed by atoms with Gasteiger partial charge in [-0.15, -0.1) is 11.3 Å². The Bertz CT molecular complexity index is 693. The summed E-state index contributed by atoms with van der Waals surface area (Å²) < 4.78 is 24.1. The molecule has 0 unspecified atom stereocenters. The first-order chi connectivity index (χ1) is 12.9. The second-order valence-corrected chi connectivity index (χ2v) is 10.3. The Kier molecular flexibility index (Phi) is 8.76. The van der Waals surface area contributed by atoms with Crippen LogP contribution < -0.4 is 5.32 Å². The third-order valence-electron chi connectivity index (χ3n) is 4.87. The minimum atomic E-state index is -3.34. The number of hydrogen-bond acceptors (Lipinski definition) is 5. The van der Waals surface area contributed by atoms with Gasteiger partial charge < -0.3 is 10.2 Å². The van der Waals surface area contributed by atoms with E-state index in [0.717, 1.165) is 19.3 Å². The molecule has 152 valence electrons. The van der Waals surface area contributed by atoms with Crippen LogP contribution in [0.25, 0.3) is 0 Å². The van der Waals surface area contributed by atoms with Crippen molar-refractivity contribution in [1.82, 2.24) is 10.2 Å². The number of sulfone groups is 1. The van der Waals surface area contributed by atoms with Gasteiger partial charge in [-0.3, -0.25) is 9.59 Å². The van der Waals surface area contributed by atoms with Crippen molar-refractivity contribution in [1.29, 1.82) is 0 Å². The lowest BCUT2D eigenvalue weighted by Crippen LogP contribution is -2.45. The van der Waals surface area contributed by atoms with Gasteiger partial charge in [-0.05, 0) is 37.1 Å². The van der Waals surface area contributed by atoms with Crippen molar-refractivity contribution >= 4 is 33.0 Å². The Labute approximate surface area is 166 Å². The average Bonchev–Trinajstić information content (AvgIpc) is 3.15. The summed E-state index contributed by atoms with van der Waals surface area (Å²) >= 11 is 1.68. The Morgan fingerprint density at radius 3 is 2.63 bits per heavy atom. The predicted molar refractivity (Wildman–Crippen MR) is 109 cm³/mol. The zero-order chi connectivity index (χ0) is 19.7. The second kappa shape index (κ2) is 10.8. The fourth-order valence-electron chi connectivity index (χ4n) is 3.22. The van der Waals surface area contributed by atoms with Crippen LogP contribution >= 0.6 is 11.3 Å². The van der Waals surface area contributed by atoms with Crippen molar-refractivity contribution in [3.63, 3.8) is 0 Å². The third-order valence-corrected chi connectivity index (χ3v) is 7.41. The molecule has 0 aromatic carbocycles. The summed E-state index contributed by atoms with van der Waals surface area (Å²) in [4.78, 5) is 27.4. The first-order valence-electron chi connectivity index (χ1n) is 9.69. The van der Waals surface area contributed by atoms with Gasteiger partial charge in [0.2, 0.25) is 11.8 Å². The number of thiophene rings is 1. The highest BCUT2D eigenvalue weighted by atomic mass is 32.2. The van der Waals surface area contributed by atoms with Crippen molar-refractivity contribution in [2.75, 3.05) is 31.1 Å². The maximum Gasteiger partial charge on any atom is 0.237 e. The number of likely N-dealkylation sites (tertiary alicyclic amines) is 1. The van der Waals surface area contributed by atoms with Crippen LogP contribution in [0.4, 0.5) is 0 Å². The van der Waals surface area contributed by atoms with Crippen molar-refractivity contribution in [3.8, 4) is 0 Å². The van der Waals surface area contributed by atoms with Gasteiger partial charge in [0.1, 0.15) is 5.75 Å². The molecule has 8 heteroatoms. The number of nitrogens with zero attached hydrogens (tertiary/aromatic N) is 1. The highest BCUT2D eigenvalue weighted by Crippen LogP contribution is 2.18. The Hall–Kier alpha value is -1.41. The smallest absolute Gasteiger partial charge is 0.237 e. The highest BCUT2D eigenvalue weighted by Gasteiger charge is 2.29. The van der Waals surface area contributed by atoms with E-state index in [1.54, 1.807) is 16.2 Å². The minimum Gasteiger partial charge on any atom is -0.355 e. The lowest BCUT2D eigenvalue weighted by Gasteiger charge is -2.31. The largest absolute Gasteiger partial charge is 0.355 e. The van der Waals surface area contributed by atoms with E-state index in [1.165, 1.54) is 4.88 Å². The van der Waals surface area contributed by atoms with Crippen molar-refractivity contribution in [2.45, 2.75) is 45.4 Å². The number of nitrogens with one attached hydrogen (secondary N) is 1. The molecule has 0 spiro atoms. The van der Waals surface area contributed by atoms with E-state index in [-0.39, 0.29) is 23.5 Å². The summed E-state index contributed by atoms with van der Waals surface area (Å²) in [7, 11) is -3.34. The summed E-state index contributed by atoms with van der Waals surface area (Å²) in [5, 5.41) is 4.99. The van der Waals surface area contributed by atoms with Gasteiger partial charge in [0, 0.05) is 30.4 Å². The number of unbranched alkanes of at least 4 members (excludes halogenated alkanes) is 2. The maximum atomic E-state index is 12.3. The lowest BCUT2D eigenvalue weighted by atomic mass is 9.96. The maximum absolute atomic E-state index is 12.3. The molecular weight excluding hydrogens is 384 g/mol. The third kappa shape index (κ3) is 7.62. The molecule has 0 atom stereocenters. The first kappa shape index (κ1) is 21.9. The van der Waals surface area contributed by atoms with Crippen LogP contribution in [0.5, 0.6) is 0 Å². The van der Waals surface area contributed by atoms with Gasteiger partial charge in [0.25, 0.3) is 0 Å². The van der Waals surface area contributed by atoms with Gasteiger partial charge in [0.15, 0.2) is 9.84 Å². The van der Waals surface area contributed by atoms with E-state index >= 15 is 0 Å². The Morgan fingerprint density at radius 1 is 1.26 bits per heavy atom. The molecule has 2 heterocycles. The zero-order valence-corrected chi connectivity index (χ0v) is 17.6. The van der Waals surface area contributed by atoms with Crippen LogP contribution in [0.3, 0.4) is 0 Å². The summed E-state index contributed by atoms with van der Waals surface area (Å²) in [6, 6.07) is 4.05. The quantitative estimate of drug-likeness (QED) is 0.595. The van der Waals surface area contributed by atoms with Crippen molar-refractivity contribution in [3.05, 3.63) is 22.4 Å². The van der Waals surface area contributed by atoms with Crippen LogP contribution in [-0.2, 0) is 25.8 Å². The van der Waals surface area contributed by atoms with Crippen LogP contribution in [0.1, 0.15) is 43.9 Å². The standard InChI is InChI=1S/C19H30N2O4S2/c1-2-3-4-14-27(24,25)15-18(22)21-11-8-16(9-12-21)19(23)20-10-7-17-6-5-13-26-17/h5-6,13,16H,2-4,7-12,14-15H2,1H3,(H,20,23). The topological polar surface area (TPSA) is 83.6 Å². The van der Waals surface area contributed by atoms with Crippen LogP contribution in [0.2, 0.25) is 0 Å². The fourth-order valence-corrected chi connectivity index (χ4v) is 5.28. The van der Waals surface area contributed by atoms with Crippen LogP contribution in [0.15, 0.2) is 17.5 Å². The molecule has 0 aliphatic carbocycles. The molecule has 1 aliphatic rings. The lowest BCUT2D eigenvalue weighted by molar-refractivity contribution is -0.133. The molecule has 0 bridgehead atoms. The van der Waals surface area contributed by atoms with E-state index in [4.69, 9.17) is 0 Å². The van der Waals surface area contributed by atoms with Gasteiger partial charge in [0.05, 0.1) is 5.75 Å². The number of amides is 2. The Balaban J connectivity index is 1.69. The van der Waals surface area contributed by atoms with Crippen LogP contribution in [-0.4, -0.2) is 56.3 Å². The normalized spacial score (nSPS) is 15.7.